The van der Waals surface area contributed by atoms with Crippen LogP contribution in [0.1, 0.15) is 322 Å². The summed E-state index contributed by atoms with van der Waals surface area (Å²) in [5.41, 5.74) is 0. The van der Waals surface area contributed by atoms with Gasteiger partial charge in [0.2, 0.25) is 5.91 Å². The molecule has 0 aliphatic rings. The Labute approximate surface area is 389 Å². The molecule has 3 atom stereocenters. The molecule has 0 radical (unpaired) electrons. The molecular weight excluding hydrogens is 763 g/mol. The highest BCUT2D eigenvalue weighted by Gasteiger charge is 2.20. The van der Waals surface area contributed by atoms with Crippen LogP contribution in [0.2, 0.25) is 0 Å². The lowest BCUT2D eigenvalue weighted by Crippen LogP contribution is -2.45. The summed E-state index contributed by atoms with van der Waals surface area (Å²) in [5, 5.41) is 33.5. The zero-order valence-electron chi connectivity index (χ0n) is 42.3. The molecule has 0 bridgehead atoms. The van der Waals surface area contributed by atoms with Gasteiger partial charge in [0.05, 0.1) is 31.3 Å². The van der Waals surface area contributed by atoms with E-state index in [4.69, 9.17) is 0 Å². The molecule has 0 aromatic rings. The molecule has 5 heteroatoms. The van der Waals surface area contributed by atoms with Gasteiger partial charge >= 0.3 is 0 Å². The summed E-state index contributed by atoms with van der Waals surface area (Å²) in [5.74, 6) is -0.308. The first-order valence-corrected chi connectivity index (χ1v) is 28.5. The van der Waals surface area contributed by atoms with Gasteiger partial charge in [-0.1, -0.05) is 309 Å². The highest BCUT2D eigenvalue weighted by Crippen LogP contribution is 2.18. The Balaban J connectivity index is 3.54. The molecule has 62 heavy (non-hydrogen) atoms. The Morgan fingerprint density at radius 3 is 0.935 bits per heavy atom. The minimum Gasteiger partial charge on any atom is -0.394 e. The molecule has 0 saturated carbocycles. The summed E-state index contributed by atoms with van der Waals surface area (Å²) in [6.45, 7) is 4.26. The Morgan fingerprint density at radius 1 is 0.403 bits per heavy atom. The lowest BCUT2D eigenvalue weighted by Gasteiger charge is -2.21. The minimum absolute atomic E-state index is 0.0196. The molecular formula is C57H113NO4. The number of allylic oxidation sites excluding steroid dienone is 1. The van der Waals surface area contributed by atoms with E-state index in [1.807, 2.05) is 6.08 Å². The minimum atomic E-state index is -0.926. The van der Waals surface area contributed by atoms with Crippen molar-refractivity contribution < 1.29 is 20.1 Å². The maximum atomic E-state index is 12.5. The van der Waals surface area contributed by atoms with Crippen LogP contribution in [0.5, 0.6) is 0 Å². The van der Waals surface area contributed by atoms with Crippen LogP contribution >= 0.6 is 0 Å². The number of nitrogens with one attached hydrogen (secondary N) is 1. The van der Waals surface area contributed by atoms with Crippen molar-refractivity contribution >= 4 is 5.91 Å². The summed E-state index contributed by atoms with van der Waals surface area (Å²) >= 11 is 0. The number of hydrogen-bond acceptors (Lipinski definition) is 4. The van der Waals surface area contributed by atoms with Crippen LogP contribution < -0.4 is 5.32 Å². The third kappa shape index (κ3) is 48.5. The molecule has 4 N–H and O–H groups in total. The molecule has 0 heterocycles. The third-order valence-corrected chi connectivity index (χ3v) is 13.6. The molecule has 0 aromatic carbocycles. The first kappa shape index (κ1) is 61.1. The van der Waals surface area contributed by atoms with Crippen LogP contribution in [0.4, 0.5) is 0 Å². The molecule has 0 aliphatic carbocycles. The number of carbonyl (C=O) groups excluding carboxylic acids is 1. The van der Waals surface area contributed by atoms with Crippen molar-refractivity contribution in [1.29, 1.82) is 0 Å². The SMILES string of the molecule is CCCCCCCCCCCCCCCCCCCCCCCC/C=C/C(O)C(CO)NC(=O)CC(O)CCCCCCCCCCCCCCCCCCCCCCCCC. The molecule has 0 rings (SSSR count). The summed E-state index contributed by atoms with van der Waals surface area (Å²) in [4.78, 5) is 12.5. The normalized spacial score (nSPS) is 13.3. The highest BCUT2D eigenvalue weighted by atomic mass is 16.3. The second kappa shape index (κ2) is 52.7. The largest absolute Gasteiger partial charge is 0.394 e. The van der Waals surface area contributed by atoms with Gasteiger partial charge in [0.1, 0.15) is 0 Å². The predicted molar refractivity (Wildman–Crippen MR) is 273 cm³/mol. The van der Waals surface area contributed by atoms with Gasteiger partial charge in [0.15, 0.2) is 0 Å². The lowest BCUT2D eigenvalue weighted by atomic mass is 10.0. The number of amides is 1. The average Bonchev–Trinajstić information content (AvgIpc) is 3.27. The Hall–Kier alpha value is -0.910. The number of aliphatic hydroxyl groups is 3. The van der Waals surface area contributed by atoms with Gasteiger partial charge < -0.3 is 20.6 Å². The fourth-order valence-corrected chi connectivity index (χ4v) is 9.23. The van der Waals surface area contributed by atoms with E-state index in [2.05, 4.69) is 19.2 Å². The standard InChI is InChI=1S/C57H113NO4/c1-3-5-7-9-11-13-15-17-19-21-23-25-27-29-31-33-35-37-39-41-43-45-47-49-51-56(61)55(53-59)58-57(62)52-54(60)50-48-46-44-42-40-38-36-34-32-30-28-26-24-22-20-18-16-14-12-10-8-6-4-2/h49,51,54-56,59-61H,3-48,50,52-53H2,1-2H3,(H,58,62)/b51-49+. The first-order valence-electron chi connectivity index (χ1n) is 28.5. The topological polar surface area (TPSA) is 89.8 Å². The molecule has 0 fully saturated rings. The maximum absolute atomic E-state index is 12.5. The van der Waals surface area contributed by atoms with Crippen LogP contribution in [0, 0.1) is 0 Å². The third-order valence-electron chi connectivity index (χ3n) is 13.6. The van der Waals surface area contributed by atoms with Gasteiger partial charge in [-0.3, -0.25) is 4.79 Å². The van der Waals surface area contributed by atoms with Gasteiger partial charge in [-0.2, -0.15) is 0 Å². The van der Waals surface area contributed by atoms with E-state index in [9.17, 15) is 20.1 Å². The molecule has 0 aliphatic heterocycles. The van der Waals surface area contributed by atoms with Crippen molar-refractivity contribution in [2.45, 2.75) is 340 Å². The lowest BCUT2D eigenvalue weighted by molar-refractivity contribution is -0.124. The summed E-state index contributed by atoms with van der Waals surface area (Å²) in [6.07, 6.45) is 65.4. The van der Waals surface area contributed by atoms with E-state index in [0.717, 1.165) is 25.7 Å². The molecule has 370 valence electrons. The number of rotatable bonds is 53. The zero-order valence-corrected chi connectivity index (χ0v) is 42.3. The monoisotopic (exact) mass is 876 g/mol. The van der Waals surface area contributed by atoms with Gasteiger partial charge in [-0.15, -0.1) is 0 Å². The van der Waals surface area contributed by atoms with E-state index in [0.29, 0.717) is 6.42 Å². The molecule has 3 unspecified atom stereocenters. The van der Waals surface area contributed by atoms with Gasteiger partial charge in [-0.25, -0.2) is 0 Å². The predicted octanol–water partition coefficient (Wildman–Crippen LogP) is 17.5. The molecule has 0 saturated heterocycles. The van der Waals surface area contributed by atoms with Crippen LogP contribution in [-0.4, -0.2) is 46.1 Å². The second-order valence-corrected chi connectivity index (χ2v) is 19.9. The van der Waals surface area contributed by atoms with E-state index in [-0.39, 0.29) is 18.9 Å². The van der Waals surface area contributed by atoms with E-state index < -0.39 is 18.2 Å². The summed E-state index contributed by atoms with van der Waals surface area (Å²) in [6, 6.07) is -0.741. The van der Waals surface area contributed by atoms with Crippen molar-refractivity contribution in [3.8, 4) is 0 Å². The first-order chi connectivity index (χ1) is 30.5. The van der Waals surface area contributed by atoms with Gasteiger partial charge in [0, 0.05) is 0 Å². The van der Waals surface area contributed by atoms with Crippen molar-refractivity contribution in [3.63, 3.8) is 0 Å². The highest BCUT2D eigenvalue weighted by molar-refractivity contribution is 5.76. The van der Waals surface area contributed by atoms with Gasteiger partial charge in [0.25, 0.3) is 0 Å². The van der Waals surface area contributed by atoms with Gasteiger partial charge in [-0.05, 0) is 19.3 Å². The maximum Gasteiger partial charge on any atom is 0.222 e. The number of hydrogen-bond donors (Lipinski definition) is 4. The van der Waals surface area contributed by atoms with Crippen molar-refractivity contribution in [2.24, 2.45) is 0 Å². The van der Waals surface area contributed by atoms with E-state index in [1.165, 1.54) is 270 Å². The number of unbranched alkanes of at least 4 members (excludes halogenated alkanes) is 44. The van der Waals surface area contributed by atoms with Crippen LogP contribution in [0.25, 0.3) is 0 Å². The molecule has 5 nitrogen and oxygen atoms in total. The van der Waals surface area contributed by atoms with Crippen LogP contribution in [0.15, 0.2) is 12.2 Å². The smallest absolute Gasteiger partial charge is 0.222 e. The zero-order chi connectivity index (χ0) is 45.1. The summed E-state index contributed by atoms with van der Waals surface area (Å²) in [7, 11) is 0. The number of aliphatic hydroxyl groups excluding tert-OH is 3. The Kier molecular flexibility index (Phi) is 51.9. The fourth-order valence-electron chi connectivity index (χ4n) is 9.23. The van der Waals surface area contributed by atoms with Crippen molar-refractivity contribution in [3.05, 3.63) is 12.2 Å². The van der Waals surface area contributed by atoms with E-state index in [1.54, 1.807) is 6.08 Å². The molecule has 0 spiro atoms. The second-order valence-electron chi connectivity index (χ2n) is 19.9. The Bertz CT molecular complexity index is 879. The quantitative estimate of drug-likeness (QED) is 0.0362. The fraction of sp³-hybridized carbons (Fsp3) is 0.947. The van der Waals surface area contributed by atoms with Crippen molar-refractivity contribution in [1.82, 2.24) is 5.32 Å². The molecule has 0 aromatic heterocycles. The summed E-state index contributed by atoms with van der Waals surface area (Å²) < 4.78 is 0. The molecule has 1 amide bonds. The van der Waals surface area contributed by atoms with Crippen molar-refractivity contribution in [2.75, 3.05) is 6.61 Å². The average molecular weight is 877 g/mol. The van der Waals surface area contributed by atoms with Crippen LogP contribution in [-0.2, 0) is 4.79 Å². The van der Waals surface area contributed by atoms with E-state index >= 15 is 0 Å². The Morgan fingerprint density at radius 2 is 0.661 bits per heavy atom. The number of carbonyl (C=O) groups is 1. The van der Waals surface area contributed by atoms with Crippen LogP contribution in [0.3, 0.4) is 0 Å².